The summed E-state index contributed by atoms with van der Waals surface area (Å²) in [5, 5.41) is 12.9. The van der Waals surface area contributed by atoms with Crippen molar-refractivity contribution in [1.82, 2.24) is 25.0 Å². The number of aromatic nitrogens is 4. The highest BCUT2D eigenvalue weighted by molar-refractivity contribution is 6.32. The Balaban J connectivity index is 1.70. The molecular weight excluding hydrogens is 340 g/mol. The minimum Gasteiger partial charge on any atom is -0.271 e. The van der Waals surface area contributed by atoms with Gasteiger partial charge in [0.25, 0.3) is 5.91 Å². The highest BCUT2D eigenvalue weighted by Gasteiger charge is 2.13. The molecule has 128 valence electrons. The van der Waals surface area contributed by atoms with E-state index in [2.05, 4.69) is 20.7 Å². The van der Waals surface area contributed by atoms with Crippen LogP contribution in [-0.4, -0.2) is 31.7 Å². The third-order valence-corrected chi connectivity index (χ3v) is 4.02. The Bertz CT molecular complexity index is 913. The van der Waals surface area contributed by atoms with Crippen molar-refractivity contribution in [2.75, 3.05) is 0 Å². The zero-order valence-electron chi connectivity index (χ0n) is 13.8. The van der Waals surface area contributed by atoms with Crippen LogP contribution < -0.4 is 5.43 Å². The first kappa shape index (κ1) is 16.9. The number of nitrogens with one attached hydrogen (secondary N) is 1. The Morgan fingerprint density at radius 2 is 2.04 bits per heavy atom. The van der Waals surface area contributed by atoms with Gasteiger partial charge in [-0.25, -0.2) is 10.1 Å². The van der Waals surface area contributed by atoms with Gasteiger partial charge in [-0.2, -0.15) is 15.3 Å². The zero-order valence-corrected chi connectivity index (χ0v) is 14.6. The molecule has 0 radical (unpaired) electrons. The predicted octanol–water partition coefficient (Wildman–Crippen LogP) is 2.49. The molecule has 7 nitrogen and oxygen atoms in total. The number of benzene rings is 1. The first-order valence-electron chi connectivity index (χ1n) is 7.67. The van der Waals surface area contributed by atoms with Crippen molar-refractivity contribution >= 4 is 23.7 Å². The van der Waals surface area contributed by atoms with Gasteiger partial charge in [0, 0.05) is 11.9 Å². The number of nitrogens with zero attached hydrogens (tertiary/aromatic N) is 5. The van der Waals surface area contributed by atoms with Crippen molar-refractivity contribution in [3.05, 3.63) is 64.7 Å². The van der Waals surface area contributed by atoms with Crippen LogP contribution >= 0.6 is 11.6 Å². The molecule has 0 aliphatic heterocycles. The summed E-state index contributed by atoms with van der Waals surface area (Å²) < 4.78 is 3.23. The van der Waals surface area contributed by atoms with Crippen molar-refractivity contribution < 1.29 is 4.79 Å². The molecule has 3 aromatic rings. The average Bonchev–Trinajstić information content (AvgIpc) is 3.13. The number of rotatable bonds is 5. The lowest BCUT2D eigenvalue weighted by molar-refractivity contribution is -0.121. The number of para-hydroxylation sites is 1. The maximum absolute atomic E-state index is 11.9. The van der Waals surface area contributed by atoms with Crippen LogP contribution in [0.25, 0.3) is 5.69 Å². The quantitative estimate of drug-likeness (QED) is 0.563. The number of hydrazone groups is 1. The molecule has 0 unspecified atom stereocenters. The number of carbonyl (C=O) groups is 1. The van der Waals surface area contributed by atoms with E-state index in [4.69, 9.17) is 11.6 Å². The Labute approximate surface area is 149 Å². The largest absolute Gasteiger partial charge is 0.271 e. The topological polar surface area (TPSA) is 77.1 Å². The van der Waals surface area contributed by atoms with Crippen LogP contribution in [0.3, 0.4) is 0 Å². The van der Waals surface area contributed by atoms with Crippen LogP contribution in [0.5, 0.6) is 0 Å². The molecular formula is C17H17ClN6O. The highest BCUT2D eigenvalue weighted by Crippen LogP contribution is 2.21. The van der Waals surface area contributed by atoms with Gasteiger partial charge in [-0.3, -0.25) is 9.48 Å². The van der Waals surface area contributed by atoms with E-state index >= 15 is 0 Å². The lowest BCUT2D eigenvalue weighted by Crippen LogP contribution is -2.24. The summed E-state index contributed by atoms with van der Waals surface area (Å²) in [6.07, 6.45) is 3.14. The van der Waals surface area contributed by atoms with Crippen LogP contribution in [0, 0.1) is 13.8 Å². The number of carbonyl (C=O) groups excluding carboxylic acids is 1. The van der Waals surface area contributed by atoms with E-state index in [9.17, 15) is 4.79 Å². The summed E-state index contributed by atoms with van der Waals surface area (Å²) in [4.78, 5) is 11.9. The number of amides is 1. The number of hydrogen-bond acceptors (Lipinski definition) is 4. The molecule has 1 amide bonds. The molecule has 1 aromatic carbocycles. The maximum Gasteiger partial charge on any atom is 0.261 e. The molecule has 0 saturated carbocycles. The fraction of sp³-hybridized carbons (Fsp3) is 0.176. The van der Waals surface area contributed by atoms with Crippen LogP contribution in [0.15, 0.2) is 47.7 Å². The van der Waals surface area contributed by atoms with E-state index in [0.717, 1.165) is 17.1 Å². The first-order valence-corrected chi connectivity index (χ1v) is 8.05. The van der Waals surface area contributed by atoms with E-state index in [1.807, 2.05) is 50.2 Å². The second kappa shape index (κ2) is 7.31. The Morgan fingerprint density at radius 3 is 2.72 bits per heavy atom. The molecule has 0 spiro atoms. The third-order valence-electron chi connectivity index (χ3n) is 3.65. The lowest BCUT2D eigenvalue weighted by Gasteiger charge is -2.03. The van der Waals surface area contributed by atoms with Crippen molar-refractivity contribution in [1.29, 1.82) is 0 Å². The molecule has 2 heterocycles. The third kappa shape index (κ3) is 3.77. The summed E-state index contributed by atoms with van der Waals surface area (Å²) in [6.45, 7) is 3.82. The second-order valence-electron chi connectivity index (χ2n) is 5.46. The zero-order chi connectivity index (χ0) is 17.8. The SMILES string of the molecule is Cc1nn(-c2ccccc2)c(Cl)c1C=NNC(=O)Cn1nccc1C. The minimum absolute atomic E-state index is 0.103. The Hall–Kier alpha value is -2.93. The number of hydrogen-bond donors (Lipinski definition) is 1. The minimum atomic E-state index is -0.271. The second-order valence-corrected chi connectivity index (χ2v) is 5.82. The normalized spacial score (nSPS) is 11.2. The molecule has 0 aliphatic carbocycles. The average molecular weight is 357 g/mol. The summed E-state index contributed by atoms with van der Waals surface area (Å²) >= 11 is 6.40. The van der Waals surface area contributed by atoms with Crippen molar-refractivity contribution in [3.8, 4) is 5.69 Å². The maximum atomic E-state index is 11.9. The molecule has 25 heavy (non-hydrogen) atoms. The summed E-state index contributed by atoms with van der Waals surface area (Å²) in [7, 11) is 0. The van der Waals surface area contributed by atoms with Crippen molar-refractivity contribution in [3.63, 3.8) is 0 Å². The van der Waals surface area contributed by atoms with Gasteiger partial charge < -0.3 is 0 Å². The van der Waals surface area contributed by atoms with E-state index in [-0.39, 0.29) is 12.5 Å². The van der Waals surface area contributed by atoms with Gasteiger partial charge in [0.05, 0.1) is 23.2 Å². The fourth-order valence-electron chi connectivity index (χ4n) is 2.30. The molecule has 0 fully saturated rings. The van der Waals surface area contributed by atoms with Crippen molar-refractivity contribution in [2.24, 2.45) is 5.10 Å². The Morgan fingerprint density at radius 1 is 1.28 bits per heavy atom. The van der Waals surface area contributed by atoms with Crippen LogP contribution in [-0.2, 0) is 11.3 Å². The first-order chi connectivity index (χ1) is 12.1. The molecule has 0 aliphatic rings. The lowest BCUT2D eigenvalue weighted by atomic mass is 10.3. The van der Waals surface area contributed by atoms with E-state index in [1.165, 1.54) is 6.21 Å². The van der Waals surface area contributed by atoms with Gasteiger partial charge in [0.1, 0.15) is 11.7 Å². The molecule has 2 aromatic heterocycles. The molecule has 1 N–H and O–H groups in total. The van der Waals surface area contributed by atoms with Gasteiger partial charge in [-0.1, -0.05) is 29.8 Å². The summed E-state index contributed by atoms with van der Waals surface area (Å²) in [6, 6.07) is 11.4. The van der Waals surface area contributed by atoms with Gasteiger partial charge >= 0.3 is 0 Å². The van der Waals surface area contributed by atoms with Gasteiger partial charge in [0.2, 0.25) is 0 Å². The van der Waals surface area contributed by atoms with Gasteiger partial charge in [0.15, 0.2) is 0 Å². The van der Waals surface area contributed by atoms with Crippen LogP contribution in [0.4, 0.5) is 0 Å². The number of halogens is 1. The van der Waals surface area contributed by atoms with E-state index in [0.29, 0.717) is 10.7 Å². The standard InChI is InChI=1S/C17H17ClN6O/c1-12-8-9-20-23(12)11-16(25)21-19-10-15-13(2)22-24(17(15)18)14-6-4-3-5-7-14/h3-10H,11H2,1-2H3,(H,21,25). The van der Waals surface area contributed by atoms with Gasteiger partial charge in [-0.05, 0) is 32.0 Å². The smallest absolute Gasteiger partial charge is 0.261 e. The highest BCUT2D eigenvalue weighted by atomic mass is 35.5. The fourth-order valence-corrected chi connectivity index (χ4v) is 2.62. The monoisotopic (exact) mass is 356 g/mol. The molecule has 0 bridgehead atoms. The predicted molar refractivity (Wildman–Crippen MR) is 96.0 cm³/mol. The molecule has 3 rings (SSSR count). The van der Waals surface area contributed by atoms with E-state index in [1.54, 1.807) is 15.6 Å². The van der Waals surface area contributed by atoms with Crippen molar-refractivity contribution in [2.45, 2.75) is 20.4 Å². The van der Waals surface area contributed by atoms with Gasteiger partial charge in [-0.15, -0.1) is 0 Å². The molecule has 8 heteroatoms. The number of aryl methyl sites for hydroxylation is 2. The Kier molecular flexibility index (Phi) is 4.95. The van der Waals surface area contributed by atoms with Crippen LogP contribution in [0.1, 0.15) is 17.0 Å². The molecule has 0 atom stereocenters. The summed E-state index contributed by atoms with van der Waals surface area (Å²) in [5.74, 6) is -0.271. The molecule has 0 saturated heterocycles. The summed E-state index contributed by atoms with van der Waals surface area (Å²) in [5.41, 5.74) is 5.61. The van der Waals surface area contributed by atoms with E-state index < -0.39 is 0 Å². The van der Waals surface area contributed by atoms with Crippen LogP contribution in [0.2, 0.25) is 5.15 Å².